The monoisotopic (exact) mass is 244 g/mol. The summed E-state index contributed by atoms with van der Waals surface area (Å²) in [4.78, 5) is 4.17. The van der Waals surface area contributed by atoms with Crippen molar-refractivity contribution in [3.8, 4) is 11.3 Å². The zero-order valence-corrected chi connectivity index (χ0v) is 11.4. The first-order chi connectivity index (χ1) is 8.38. The first-order valence-corrected chi connectivity index (χ1v) is 6.20. The van der Waals surface area contributed by atoms with Gasteiger partial charge in [0.1, 0.15) is 0 Å². The standard InChI is InChI=1S/C15H20N2O/c1-10(16)14-17-9-13(18-14)11-5-7-12(8-6-11)15(2,3)4/h5-10H,16H2,1-4H3. The van der Waals surface area contributed by atoms with E-state index in [1.54, 1.807) is 6.20 Å². The first kappa shape index (κ1) is 12.8. The lowest BCUT2D eigenvalue weighted by Gasteiger charge is -2.18. The molecule has 1 aromatic heterocycles. The highest BCUT2D eigenvalue weighted by molar-refractivity contribution is 5.57. The highest BCUT2D eigenvalue weighted by atomic mass is 16.4. The summed E-state index contributed by atoms with van der Waals surface area (Å²) in [6.45, 7) is 8.46. The number of rotatable bonds is 2. The van der Waals surface area contributed by atoms with Crippen molar-refractivity contribution < 1.29 is 4.42 Å². The molecule has 1 heterocycles. The topological polar surface area (TPSA) is 52.0 Å². The van der Waals surface area contributed by atoms with E-state index in [4.69, 9.17) is 10.2 Å². The number of aromatic nitrogens is 1. The number of hydrogen-bond donors (Lipinski definition) is 1. The molecule has 1 atom stereocenters. The van der Waals surface area contributed by atoms with Crippen LogP contribution in [0.2, 0.25) is 0 Å². The molecule has 0 spiro atoms. The van der Waals surface area contributed by atoms with Crippen LogP contribution in [0.25, 0.3) is 11.3 Å². The maximum absolute atomic E-state index is 5.73. The van der Waals surface area contributed by atoms with Gasteiger partial charge in [-0.15, -0.1) is 0 Å². The highest BCUT2D eigenvalue weighted by Gasteiger charge is 2.14. The van der Waals surface area contributed by atoms with Crippen LogP contribution >= 0.6 is 0 Å². The lowest BCUT2D eigenvalue weighted by atomic mass is 9.86. The molecular formula is C15H20N2O. The normalized spacial score (nSPS) is 13.6. The molecule has 2 N–H and O–H groups in total. The Morgan fingerprint density at radius 1 is 1.17 bits per heavy atom. The van der Waals surface area contributed by atoms with E-state index in [0.717, 1.165) is 11.3 Å². The fourth-order valence-corrected chi connectivity index (χ4v) is 1.77. The minimum absolute atomic E-state index is 0.164. The lowest BCUT2D eigenvalue weighted by molar-refractivity contribution is 0.473. The van der Waals surface area contributed by atoms with Crippen LogP contribution in [-0.4, -0.2) is 4.98 Å². The first-order valence-electron chi connectivity index (χ1n) is 6.20. The van der Waals surface area contributed by atoms with Gasteiger partial charge in [0.2, 0.25) is 5.89 Å². The fourth-order valence-electron chi connectivity index (χ4n) is 1.77. The Bertz CT molecular complexity index is 518. The Labute approximate surface area is 108 Å². The maximum Gasteiger partial charge on any atom is 0.211 e. The quantitative estimate of drug-likeness (QED) is 0.877. The molecule has 0 aliphatic rings. The molecule has 0 saturated carbocycles. The minimum Gasteiger partial charge on any atom is -0.439 e. The zero-order chi connectivity index (χ0) is 13.3. The summed E-state index contributed by atoms with van der Waals surface area (Å²) >= 11 is 0. The summed E-state index contributed by atoms with van der Waals surface area (Å²) in [7, 11) is 0. The smallest absolute Gasteiger partial charge is 0.211 e. The van der Waals surface area contributed by atoms with Crippen molar-refractivity contribution in [3.05, 3.63) is 41.9 Å². The molecule has 1 unspecified atom stereocenters. The Balaban J connectivity index is 2.29. The Morgan fingerprint density at radius 3 is 2.22 bits per heavy atom. The Kier molecular flexibility index (Phi) is 3.26. The molecular weight excluding hydrogens is 224 g/mol. The summed E-state index contributed by atoms with van der Waals surface area (Å²) in [6.07, 6.45) is 1.73. The second kappa shape index (κ2) is 4.58. The summed E-state index contributed by atoms with van der Waals surface area (Å²) in [5.41, 5.74) is 8.23. The second-order valence-corrected chi connectivity index (χ2v) is 5.68. The number of benzene rings is 1. The molecule has 2 aromatic rings. The van der Waals surface area contributed by atoms with Gasteiger partial charge in [0.15, 0.2) is 5.76 Å². The third kappa shape index (κ3) is 2.62. The molecule has 2 rings (SSSR count). The van der Waals surface area contributed by atoms with Crippen molar-refractivity contribution >= 4 is 0 Å². The van der Waals surface area contributed by atoms with Crippen molar-refractivity contribution in [1.29, 1.82) is 0 Å². The maximum atomic E-state index is 5.73. The van der Waals surface area contributed by atoms with Crippen molar-refractivity contribution in [2.75, 3.05) is 0 Å². The lowest BCUT2D eigenvalue weighted by Crippen LogP contribution is -2.10. The van der Waals surface area contributed by atoms with Gasteiger partial charge in [0.25, 0.3) is 0 Å². The zero-order valence-electron chi connectivity index (χ0n) is 11.4. The van der Waals surface area contributed by atoms with Gasteiger partial charge in [-0.25, -0.2) is 4.98 Å². The molecule has 0 aliphatic heterocycles. The van der Waals surface area contributed by atoms with Crippen LogP contribution in [0.5, 0.6) is 0 Å². The van der Waals surface area contributed by atoms with Gasteiger partial charge in [-0.3, -0.25) is 0 Å². The van der Waals surface area contributed by atoms with Crippen LogP contribution in [0.4, 0.5) is 0 Å². The van der Waals surface area contributed by atoms with Crippen molar-refractivity contribution in [2.45, 2.75) is 39.2 Å². The number of nitrogens with two attached hydrogens (primary N) is 1. The van der Waals surface area contributed by atoms with Gasteiger partial charge in [-0.2, -0.15) is 0 Å². The van der Waals surface area contributed by atoms with Gasteiger partial charge in [-0.05, 0) is 17.9 Å². The molecule has 0 saturated heterocycles. The summed E-state index contributed by atoms with van der Waals surface area (Å²) < 4.78 is 5.62. The summed E-state index contributed by atoms with van der Waals surface area (Å²) in [5, 5.41) is 0. The van der Waals surface area contributed by atoms with E-state index in [2.05, 4.69) is 50.0 Å². The van der Waals surface area contributed by atoms with Gasteiger partial charge < -0.3 is 10.2 Å². The molecule has 0 amide bonds. The fraction of sp³-hybridized carbons (Fsp3) is 0.400. The second-order valence-electron chi connectivity index (χ2n) is 5.68. The Morgan fingerprint density at radius 2 is 1.78 bits per heavy atom. The molecule has 18 heavy (non-hydrogen) atoms. The summed E-state index contributed by atoms with van der Waals surface area (Å²) in [6, 6.07) is 8.21. The SMILES string of the molecule is CC(N)c1ncc(-c2ccc(C(C)(C)C)cc2)o1. The van der Waals surface area contributed by atoms with Gasteiger partial charge in [-0.1, -0.05) is 45.0 Å². The van der Waals surface area contributed by atoms with Crippen LogP contribution in [0.15, 0.2) is 34.9 Å². The Hall–Kier alpha value is -1.61. The van der Waals surface area contributed by atoms with Gasteiger partial charge >= 0.3 is 0 Å². The molecule has 1 aromatic carbocycles. The third-order valence-corrected chi connectivity index (χ3v) is 2.95. The van der Waals surface area contributed by atoms with E-state index in [-0.39, 0.29) is 11.5 Å². The molecule has 96 valence electrons. The average molecular weight is 244 g/mol. The highest BCUT2D eigenvalue weighted by Crippen LogP contribution is 2.27. The minimum atomic E-state index is -0.174. The molecule has 0 aliphatic carbocycles. The molecule has 0 fully saturated rings. The van der Waals surface area contributed by atoms with Crippen LogP contribution in [0.3, 0.4) is 0 Å². The number of oxazole rings is 1. The van der Waals surface area contributed by atoms with Crippen LogP contribution in [0.1, 0.15) is 45.2 Å². The summed E-state index contributed by atoms with van der Waals surface area (Å²) in [5.74, 6) is 1.34. The van der Waals surface area contributed by atoms with E-state index < -0.39 is 0 Å². The van der Waals surface area contributed by atoms with Gasteiger partial charge in [0, 0.05) is 5.56 Å². The van der Waals surface area contributed by atoms with Crippen molar-refractivity contribution in [1.82, 2.24) is 4.98 Å². The van der Waals surface area contributed by atoms with E-state index in [9.17, 15) is 0 Å². The van der Waals surface area contributed by atoms with E-state index >= 15 is 0 Å². The number of nitrogens with zero attached hydrogens (tertiary/aromatic N) is 1. The van der Waals surface area contributed by atoms with E-state index in [1.807, 2.05) is 6.92 Å². The van der Waals surface area contributed by atoms with Crippen molar-refractivity contribution in [3.63, 3.8) is 0 Å². The van der Waals surface area contributed by atoms with Crippen molar-refractivity contribution in [2.24, 2.45) is 5.73 Å². The van der Waals surface area contributed by atoms with Gasteiger partial charge in [0.05, 0.1) is 12.2 Å². The van der Waals surface area contributed by atoms with E-state index in [1.165, 1.54) is 5.56 Å². The van der Waals surface area contributed by atoms with Crippen LogP contribution in [0, 0.1) is 0 Å². The average Bonchev–Trinajstić information content (AvgIpc) is 2.77. The molecule has 0 bridgehead atoms. The predicted octanol–water partition coefficient (Wildman–Crippen LogP) is 3.66. The largest absolute Gasteiger partial charge is 0.439 e. The van der Waals surface area contributed by atoms with Crippen LogP contribution in [-0.2, 0) is 5.41 Å². The third-order valence-electron chi connectivity index (χ3n) is 2.95. The molecule has 3 heteroatoms. The predicted molar refractivity (Wildman–Crippen MR) is 73.2 cm³/mol. The van der Waals surface area contributed by atoms with E-state index in [0.29, 0.717) is 5.89 Å². The molecule has 0 radical (unpaired) electrons. The van der Waals surface area contributed by atoms with Crippen LogP contribution < -0.4 is 5.73 Å². The number of hydrogen-bond acceptors (Lipinski definition) is 3. The molecule has 3 nitrogen and oxygen atoms in total.